The smallest absolute Gasteiger partial charge is 0.316 e. The van der Waals surface area contributed by atoms with Crippen LogP contribution in [0.4, 0.5) is 0 Å². The summed E-state index contributed by atoms with van der Waals surface area (Å²) in [6, 6.07) is 17.6. The number of likely N-dealkylation sites (N-methyl/N-ethyl adjacent to an activating group) is 1. The van der Waals surface area contributed by atoms with Crippen LogP contribution in [-0.4, -0.2) is 41.0 Å². The van der Waals surface area contributed by atoms with Crippen LogP contribution in [0.1, 0.15) is 39.7 Å². The van der Waals surface area contributed by atoms with Gasteiger partial charge >= 0.3 is 5.97 Å². The fourth-order valence-corrected chi connectivity index (χ4v) is 4.01. The number of hydrogen-bond acceptors (Lipinski definition) is 5. The molecule has 0 aliphatic carbocycles. The van der Waals surface area contributed by atoms with Gasteiger partial charge in [0.15, 0.2) is 0 Å². The molecule has 156 valence electrons. The number of oxime groups is 1. The Bertz CT molecular complexity index is 803. The summed E-state index contributed by atoms with van der Waals surface area (Å²) < 4.78 is 0. The van der Waals surface area contributed by atoms with Gasteiger partial charge in [-0.1, -0.05) is 60.9 Å². The number of hydrogen-bond donors (Lipinski definition) is 0. The van der Waals surface area contributed by atoms with Crippen LogP contribution in [0.15, 0.2) is 64.6 Å². The Morgan fingerprint density at radius 1 is 1.07 bits per heavy atom. The van der Waals surface area contributed by atoms with Crippen LogP contribution < -0.4 is 0 Å². The van der Waals surface area contributed by atoms with Gasteiger partial charge < -0.3 is 4.84 Å². The van der Waals surface area contributed by atoms with Gasteiger partial charge in [-0.3, -0.25) is 4.90 Å². The molecule has 0 aliphatic heterocycles. The summed E-state index contributed by atoms with van der Waals surface area (Å²) in [6.07, 6.45) is 0.677. The van der Waals surface area contributed by atoms with Crippen molar-refractivity contribution in [3.63, 3.8) is 0 Å². The van der Waals surface area contributed by atoms with Crippen molar-refractivity contribution in [2.45, 2.75) is 44.6 Å². The van der Waals surface area contributed by atoms with Crippen LogP contribution in [-0.2, 0) is 9.63 Å². The predicted octanol–water partition coefficient (Wildman–Crippen LogP) is 5.89. The lowest BCUT2D eigenvalue weighted by atomic mass is 10.0. The van der Waals surface area contributed by atoms with Crippen molar-refractivity contribution in [2.75, 3.05) is 18.8 Å². The van der Waals surface area contributed by atoms with Crippen LogP contribution in [0, 0.1) is 0 Å². The summed E-state index contributed by atoms with van der Waals surface area (Å²) in [5.41, 5.74) is 0.987. The van der Waals surface area contributed by atoms with Gasteiger partial charge in [0.05, 0.1) is 5.71 Å². The van der Waals surface area contributed by atoms with E-state index < -0.39 is 5.54 Å². The molecule has 4 nitrogen and oxygen atoms in total. The van der Waals surface area contributed by atoms with E-state index in [4.69, 9.17) is 16.4 Å². The molecule has 0 heterocycles. The summed E-state index contributed by atoms with van der Waals surface area (Å²) in [6.45, 7) is 9.35. The largest absolute Gasteiger partial charge is 0.354 e. The van der Waals surface area contributed by atoms with Crippen LogP contribution >= 0.6 is 23.4 Å². The van der Waals surface area contributed by atoms with Gasteiger partial charge in [0.2, 0.25) is 0 Å². The number of rotatable bonds is 10. The van der Waals surface area contributed by atoms with E-state index in [0.29, 0.717) is 6.42 Å². The Morgan fingerprint density at radius 2 is 1.69 bits per heavy atom. The third-order valence-electron chi connectivity index (χ3n) is 4.82. The number of benzene rings is 2. The molecule has 29 heavy (non-hydrogen) atoms. The summed E-state index contributed by atoms with van der Waals surface area (Å²) in [7, 11) is 0. The zero-order chi connectivity index (χ0) is 21.3. The second-order valence-corrected chi connectivity index (χ2v) is 8.67. The molecule has 0 aromatic heterocycles. The highest BCUT2D eigenvalue weighted by molar-refractivity contribution is 7.99. The standard InChI is InChI=1S/C23H29ClN2O2S/c1-5-26(6-2)23(3,4)22(27)28-25-21(18-10-8-7-9-11-18)16-17-29-20-14-12-19(24)13-15-20/h7-15H,5-6,16-17H2,1-4H3/b25-21+. The summed E-state index contributed by atoms with van der Waals surface area (Å²) in [5.74, 6) is 0.465. The first kappa shape index (κ1) is 23.5. The lowest BCUT2D eigenvalue weighted by Gasteiger charge is -2.33. The van der Waals surface area contributed by atoms with Crippen molar-refractivity contribution in [3.8, 4) is 0 Å². The Morgan fingerprint density at radius 3 is 2.28 bits per heavy atom. The molecule has 0 spiro atoms. The minimum Gasteiger partial charge on any atom is -0.316 e. The highest BCUT2D eigenvalue weighted by Gasteiger charge is 2.35. The molecule has 2 rings (SSSR count). The zero-order valence-electron chi connectivity index (χ0n) is 17.5. The summed E-state index contributed by atoms with van der Waals surface area (Å²) in [5, 5.41) is 4.99. The molecule has 2 aromatic carbocycles. The van der Waals surface area contributed by atoms with Gasteiger partial charge in [-0.2, -0.15) is 0 Å². The van der Waals surface area contributed by atoms with Gasteiger partial charge in [-0.25, -0.2) is 4.79 Å². The van der Waals surface area contributed by atoms with Crippen molar-refractivity contribution < 1.29 is 9.63 Å². The summed E-state index contributed by atoms with van der Waals surface area (Å²) in [4.78, 5) is 21.3. The maximum absolute atomic E-state index is 12.7. The number of thioether (sulfide) groups is 1. The van der Waals surface area contributed by atoms with Gasteiger partial charge in [0.1, 0.15) is 5.54 Å². The fraction of sp³-hybridized carbons (Fsp3) is 0.391. The second-order valence-electron chi connectivity index (χ2n) is 7.07. The summed E-state index contributed by atoms with van der Waals surface area (Å²) >= 11 is 7.66. The quantitative estimate of drug-likeness (QED) is 0.203. The van der Waals surface area contributed by atoms with Crippen molar-refractivity contribution in [2.24, 2.45) is 5.16 Å². The molecule has 6 heteroatoms. The molecule has 0 saturated carbocycles. The maximum Gasteiger partial charge on any atom is 0.354 e. The average molecular weight is 433 g/mol. The molecular formula is C23H29ClN2O2S. The topological polar surface area (TPSA) is 41.9 Å². The van der Waals surface area contributed by atoms with E-state index in [0.717, 1.165) is 40.0 Å². The van der Waals surface area contributed by atoms with E-state index in [1.165, 1.54) is 0 Å². The third kappa shape index (κ3) is 6.88. The first-order chi connectivity index (χ1) is 13.9. The lowest BCUT2D eigenvalue weighted by Crippen LogP contribution is -2.50. The highest BCUT2D eigenvalue weighted by atomic mass is 35.5. The van der Waals surface area contributed by atoms with Crippen LogP contribution in [0.3, 0.4) is 0 Å². The van der Waals surface area contributed by atoms with Gasteiger partial charge in [-0.15, -0.1) is 11.8 Å². The molecule has 2 aromatic rings. The molecule has 0 aliphatic rings. The van der Waals surface area contributed by atoms with Crippen molar-refractivity contribution >= 4 is 35.0 Å². The normalized spacial score (nSPS) is 12.3. The van der Waals surface area contributed by atoms with Crippen LogP contribution in [0.25, 0.3) is 0 Å². The van der Waals surface area contributed by atoms with Crippen LogP contribution in [0.5, 0.6) is 0 Å². The molecule has 0 unspecified atom stereocenters. The Kier molecular flexibility index (Phi) is 9.21. The maximum atomic E-state index is 12.7. The highest BCUT2D eigenvalue weighted by Crippen LogP contribution is 2.22. The van der Waals surface area contributed by atoms with E-state index in [1.54, 1.807) is 11.8 Å². The molecule has 0 bridgehead atoms. The number of carbonyl (C=O) groups excluding carboxylic acids is 1. The van der Waals surface area contributed by atoms with Crippen molar-refractivity contribution in [1.29, 1.82) is 0 Å². The monoisotopic (exact) mass is 432 g/mol. The first-order valence-corrected chi connectivity index (χ1v) is 11.2. The molecule has 0 radical (unpaired) electrons. The minimum absolute atomic E-state index is 0.347. The molecule has 0 fully saturated rings. The van der Waals surface area contributed by atoms with Gasteiger partial charge in [0.25, 0.3) is 0 Å². The first-order valence-electron chi connectivity index (χ1n) is 9.85. The fourth-order valence-electron chi connectivity index (χ4n) is 3.02. The minimum atomic E-state index is -0.729. The predicted molar refractivity (Wildman–Crippen MR) is 123 cm³/mol. The Hall–Kier alpha value is -1.82. The van der Waals surface area contributed by atoms with E-state index in [2.05, 4.69) is 10.1 Å². The van der Waals surface area contributed by atoms with E-state index in [9.17, 15) is 4.79 Å². The van der Waals surface area contributed by atoms with E-state index in [1.807, 2.05) is 82.3 Å². The molecule has 0 saturated heterocycles. The number of carbonyl (C=O) groups is 1. The third-order valence-corrected chi connectivity index (χ3v) is 6.09. The van der Waals surface area contributed by atoms with Crippen molar-refractivity contribution in [1.82, 2.24) is 4.90 Å². The van der Waals surface area contributed by atoms with E-state index >= 15 is 0 Å². The number of nitrogens with zero attached hydrogens (tertiary/aromatic N) is 2. The van der Waals surface area contributed by atoms with Gasteiger partial charge in [-0.05, 0) is 56.8 Å². The van der Waals surface area contributed by atoms with E-state index in [-0.39, 0.29) is 5.97 Å². The SMILES string of the molecule is CCN(CC)C(C)(C)C(=O)O/N=C(\CCSc1ccc(Cl)cc1)c1ccccc1. The Balaban J connectivity index is 2.09. The molecule has 0 amide bonds. The molecule has 0 atom stereocenters. The molecular weight excluding hydrogens is 404 g/mol. The van der Waals surface area contributed by atoms with Crippen LogP contribution in [0.2, 0.25) is 5.02 Å². The van der Waals surface area contributed by atoms with Gasteiger partial charge in [0, 0.05) is 22.1 Å². The van der Waals surface area contributed by atoms with Crippen molar-refractivity contribution in [3.05, 3.63) is 65.2 Å². The molecule has 0 N–H and O–H groups in total. The average Bonchev–Trinajstić information content (AvgIpc) is 2.73. The lowest BCUT2D eigenvalue weighted by molar-refractivity contribution is -0.156. The zero-order valence-corrected chi connectivity index (χ0v) is 19.1. The Labute approximate surface area is 183 Å². The second kappa shape index (κ2) is 11.4. The number of halogens is 1.